The summed E-state index contributed by atoms with van der Waals surface area (Å²) < 4.78 is 8.38. The van der Waals surface area contributed by atoms with Gasteiger partial charge in [-0.15, -0.1) is 0 Å². The standard InChI is InChI=1S/C20H29BrN4O3/c1-12-15(16(18(26)27)28-19(2,3)4)17(24-9-7-20(5,6)8-10-24)25-14(22-12)11-13(21)23-25/h11,16H,7-10H2,1-6H3,(H,26,27). The highest BCUT2D eigenvalue weighted by molar-refractivity contribution is 9.10. The number of hydrogen-bond acceptors (Lipinski definition) is 5. The summed E-state index contributed by atoms with van der Waals surface area (Å²) in [6, 6.07) is 1.84. The van der Waals surface area contributed by atoms with Gasteiger partial charge in [0.15, 0.2) is 11.8 Å². The zero-order valence-corrected chi connectivity index (χ0v) is 19.0. The SMILES string of the molecule is Cc1nc2cc(Br)nn2c(N2CCC(C)(C)CC2)c1C(OC(C)(C)C)C(=O)O. The molecule has 0 spiro atoms. The van der Waals surface area contributed by atoms with E-state index in [1.54, 1.807) is 4.52 Å². The first-order valence-corrected chi connectivity index (χ1v) is 10.4. The molecule has 28 heavy (non-hydrogen) atoms. The number of fused-ring (bicyclic) bond motifs is 1. The van der Waals surface area contributed by atoms with Crippen molar-refractivity contribution in [1.82, 2.24) is 14.6 Å². The molecular weight excluding hydrogens is 424 g/mol. The minimum absolute atomic E-state index is 0.274. The number of ether oxygens (including phenoxy) is 1. The molecule has 1 unspecified atom stereocenters. The van der Waals surface area contributed by atoms with Crippen molar-refractivity contribution in [2.24, 2.45) is 5.41 Å². The number of aromatic nitrogens is 3. The Morgan fingerprint density at radius 1 is 1.32 bits per heavy atom. The summed E-state index contributed by atoms with van der Waals surface area (Å²) in [6.07, 6.45) is 0.926. The van der Waals surface area contributed by atoms with Gasteiger partial charge in [-0.25, -0.2) is 9.78 Å². The molecule has 0 saturated carbocycles. The van der Waals surface area contributed by atoms with Crippen LogP contribution in [0.1, 0.15) is 64.8 Å². The minimum Gasteiger partial charge on any atom is -0.479 e. The number of carboxylic acids is 1. The summed E-state index contributed by atoms with van der Waals surface area (Å²) in [5, 5.41) is 14.5. The number of rotatable bonds is 4. The van der Waals surface area contributed by atoms with E-state index in [4.69, 9.17) is 4.74 Å². The summed E-state index contributed by atoms with van der Waals surface area (Å²) in [7, 11) is 0. The van der Waals surface area contributed by atoms with Crippen LogP contribution in [0.5, 0.6) is 0 Å². The lowest BCUT2D eigenvalue weighted by Crippen LogP contribution is -2.40. The van der Waals surface area contributed by atoms with Crippen LogP contribution in [0.4, 0.5) is 5.82 Å². The summed E-state index contributed by atoms with van der Waals surface area (Å²) in [5.74, 6) is -0.260. The van der Waals surface area contributed by atoms with Gasteiger partial charge in [-0.2, -0.15) is 9.61 Å². The van der Waals surface area contributed by atoms with Gasteiger partial charge in [0.1, 0.15) is 10.4 Å². The maximum Gasteiger partial charge on any atom is 0.337 e. The van der Waals surface area contributed by atoms with E-state index >= 15 is 0 Å². The molecule has 7 nitrogen and oxygen atoms in total. The molecule has 1 aliphatic heterocycles. The van der Waals surface area contributed by atoms with Gasteiger partial charge in [-0.05, 0) is 61.9 Å². The lowest BCUT2D eigenvalue weighted by molar-refractivity contribution is -0.160. The molecule has 0 aliphatic carbocycles. The highest BCUT2D eigenvalue weighted by Crippen LogP contribution is 2.38. The normalized spacial score (nSPS) is 18.5. The second-order valence-electron chi connectivity index (χ2n) is 9.27. The number of aliphatic carboxylic acids is 1. The van der Waals surface area contributed by atoms with E-state index in [2.05, 4.69) is 44.8 Å². The molecule has 0 radical (unpaired) electrons. The van der Waals surface area contributed by atoms with E-state index in [0.29, 0.717) is 21.5 Å². The highest BCUT2D eigenvalue weighted by Gasteiger charge is 2.36. The Morgan fingerprint density at radius 3 is 2.46 bits per heavy atom. The number of hydrogen-bond donors (Lipinski definition) is 1. The molecule has 1 atom stereocenters. The van der Waals surface area contributed by atoms with E-state index in [1.807, 2.05) is 33.8 Å². The fourth-order valence-corrected chi connectivity index (χ4v) is 3.97. The van der Waals surface area contributed by atoms with Crippen molar-refractivity contribution in [1.29, 1.82) is 0 Å². The van der Waals surface area contributed by atoms with Gasteiger partial charge < -0.3 is 14.7 Å². The maximum atomic E-state index is 12.2. The first-order valence-electron chi connectivity index (χ1n) is 9.59. The molecule has 8 heteroatoms. The van der Waals surface area contributed by atoms with Crippen molar-refractivity contribution in [3.8, 4) is 0 Å². The number of piperidine rings is 1. The number of carbonyl (C=O) groups is 1. The van der Waals surface area contributed by atoms with Crippen LogP contribution in [0.25, 0.3) is 5.65 Å². The van der Waals surface area contributed by atoms with Crippen LogP contribution >= 0.6 is 15.9 Å². The Balaban J connectivity index is 2.20. The van der Waals surface area contributed by atoms with E-state index in [-0.39, 0.29) is 5.41 Å². The second-order valence-corrected chi connectivity index (χ2v) is 10.1. The largest absolute Gasteiger partial charge is 0.479 e. The summed E-state index contributed by atoms with van der Waals surface area (Å²) in [5.41, 5.74) is 1.57. The average molecular weight is 453 g/mol. The second kappa shape index (κ2) is 7.30. The lowest BCUT2D eigenvalue weighted by Gasteiger charge is -2.39. The third-order valence-electron chi connectivity index (χ3n) is 5.15. The molecule has 1 N–H and O–H groups in total. The molecule has 2 aromatic heterocycles. The zero-order chi connectivity index (χ0) is 20.9. The molecule has 1 fully saturated rings. The predicted molar refractivity (Wildman–Crippen MR) is 112 cm³/mol. The third-order valence-corrected chi connectivity index (χ3v) is 5.54. The van der Waals surface area contributed by atoms with E-state index in [0.717, 1.165) is 31.7 Å². The average Bonchev–Trinajstić information content (AvgIpc) is 2.90. The maximum absolute atomic E-state index is 12.2. The van der Waals surface area contributed by atoms with E-state index in [1.165, 1.54) is 0 Å². The van der Waals surface area contributed by atoms with Crippen molar-refractivity contribution in [2.75, 3.05) is 18.0 Å². The first kappa shape index (κ1) is 21.0. The smallest absolute Gasteiger partial charge is 0.337 e. The van der Waals surface area contributed by atoms with Gasteiger partial charge >= 0.3 is 5.97 Å². The minimum atomic E-state index is -1.12. The van der Waals surface area contributed by atoms with Gasteiger partial charge in [0, 0.05) is 24.8 Å². The van der Waals surface area contributed by atoms with Gasteiger partial charge in [-0.3, -0.25) is 0 Å². The Bertz CT molecular complexity index is 891. The van der Waals surface area contributed by atoms with Gasteiger partial charge in [0.05, 0.1) is 11.2 Å². The summed E-state index contributed by atoms with van der Waals surface area (Å²) in [6.45, 7) is 13.6. The Morgan fingerprint density at radius 2 is 1.93 bits per heavy atom. The van der Waals surface area contributed by atoms with Crippen molar-refractivity contribution < 1.29 is 14.6 Å². The van der Waals surface area contributed by atoms with Crippen LogP contribution < -0.4 is 4.90 Å². The van der Waals surface area contributed by atoms with E-state index < -0.39 is 17.7 Å². The van der Waals surface area contributed by atoms with Crippen LogP contribution in [0, 0.1) is 12.3 Å². The number of aryl methyl sites for hydroxylation is 1. The molecule has 154 valence electrons. The Labute approximate surface area is 174 Å². The molecule has 2 aromatic rings. The zero-order valence-electron chi connectivity index (χ0n) is 17.4. The Kier molecular flexibility index (Phi) is 5.49. The summed E-state index contributed by atoms with van der Waals surface area (Å²) >= 11 is 3.43. The fourth-order valence-electron chi connectivity index (χ4n) is 3.61. The van der Waals surface area contributed by atoms with Crippen LogP contribution in [0.2, 0.25) is 0 Å². The van der Waals surface area contributed by atoms with Crippen LogP contribution in [0.3, 0.4) is 0 Å². The van der Waals surface area contributed by atoms with Crippen molar-refractivity contribution in [2.45, 2.75) is 66.1 Å². The molecule has 0 amide bonds. The number of carboxylic acid groups (broad SMARTS) is 1. The van der Waals surface area contributed by atoms with Crippen LogP contribution in [-0.4, -0.2) is 44.4 Å². The topological polar surface area (TPSA) is 80.0 Å². The van der Waals surface area contributed by atoms with Gasteiger partial charge in [0.2, 0.25) is 0 Å². The molecule has 1 saturated heterocycles. The fraction of sp³-hybridized carbons (Fsp3) is 0.650. The molecular formula is C20H29BrN4O3. The van der Waals surface area contributed by atoms with Gasteiger partial charge in [-0.1, -0.05) is 13.8 Å². The van der Waals surface area contributed by atoms with E-state index in [9.17, 15) is 9.90 Å². The predicted octanol–water partition coefficient (Wildman–Crippen LogP) is 4.37. The molecule has 1 aliphatic rings. The van der Waals surface area contributed by atoms with Crippen LogP contribution in [0.15, 0.2) is 10.7 Å². The van der Waals surface area contributed by atoms with Crippen LogP contribution in [-0.2, 0) is 9.53 Å². The Hall–Kier alpha value is -1.67. The number of nitrogens with zero attached hydrogens (tertiary/aromatic N) is 4. The number of halogens is 1. The van der Waals surface area contributed by atoms with Gasteiger partial charge in [0.25, 0.3) is 0 Å². The van der Waals surface area contributed by atoms with Crippen molar-refractivity contribution in [3.05, 3.63) is 21.9 Å². The molecule has 3 heterocycles. The molecule has 0 aromatic carbocycles. The van der Waals surface area contributed by atoms with Crippen molar-refractivity contribution >= 4 is 33.4 Å². The lowest BCUT2D eigenvalue weighted by atomic mass is 9.82. The highest BCUT2D eigenvalue weighted by atomic mass is 79.9. The molecule has 3 rings (SSSR count). The van der Waals surface area contributed by atoms with Crippen molar-refractivity contribution in [3.63, 3.8) is 0 Å². The monoisotopic (exact) mass is 452 g/mol. The summed E-state index contributed by atoms with van der Waals surface area (Å²) in [4.78, 5) is 19.0. The quantitative estimate of drug-likeness (QED) is 0.741. The third kappa shape index (κ3) is 4.33. The molecule has 0 bridgehead atoms. The number of anilines is 1. The first-order chi connectivity index (χ1) is 12.9.